The van der Waals surface area contributed by atoms with Crippen LogP contribution in [0.15, 0.2) is 53.6 Å². The smallest absolute Gasteiger partial charge is 0.271 e. The summed E-state index contributed by atoms with van der Waals surface area (Å²) in [6.07, 6.45) is 3.80. The predicted octanol–water partition coefficient (Wildman–Crippen LogP) is 6.11. The fourth-order valence-corrected chi connectivity index (χ4v) is 5.05. The van der Waals surface area contributed by atoms with Gasteiger partial charge in [0.05, 0.1) is 27.5 Å². The fraction of sp³-hybridized carbons (Fsp3) is 0.375. The van der Waals surface area contributed by atoms with Crippen LogP contribution in [0, 0.1) is 0 Å². The summed E-state index contributed by atoms with van der Waals surface area (Å²) in [6.45, 7) is 9.60. The van der Waals surface area contributed by atoms with Crippen molar-refractivity contribution in [2.45, 2.75) is 58.0 Å². The van der Waals surface area contributed by atoms with Crippen molar-refractivity contribution in [1.29, 1.82) is 0 Å². The highest BCUT2D eigenvalue weighted by Gasteiger charge is 2.37. The van der Waals surface area contributed by atoms with Gasteiger partial charge in [0.25, 0.3) is 5.91 Å². The number of methoxy groups -OCH3 is 3. The Hall–Kier alpha value is -4.20. The zero-order valence-electron chi connectivity index (χ0n) is 24.3. The highest BCUT2D eigenvalue weighted by Crippen LogP contribution is 2.46. The van der Waals surface area contributed by atoms with Crippen LogP contribution < -0.4 is 24.4 Å². The highest BCUT2D eigenvalue weighted by molar-refractivity contribution is 5.95. The lowest BCUT2D eigenvalue weighted by Crippen LogP contribution is -2.33. The topological polar surface area (TPSA) is 98.6 Å². The Labute approximate surface area is 235 Å². The number of hydrogen-bond donors (Lipinski definition) is 2. The van der Waals surface area contributed by atoms with Crippen LogP contribution >= 0.6 is 0 Å². The molecule has 8 heteroatoms. The molecule has 212 valence electrons. The largest absolute Gasteiger partial charge is 0.504 e. The number of fused-ring (bicyclic) bond motifs is 1. The van der Waals surface area contributed by atoms with E-state index in [9.17, 15) is 9.90 Å². The number of hydrogen-bond acceptors (Lipinski definition) is 7. The molecular formula is C32H38N2O6. The van der Waals surface area contributed by atoms with Crippen molar-refractivity contribution in [3.8, 4) is 28.7 Å². The molecule has 0 heterocycles. The van der Waals surface area contributed by atoms with E-state index in [1.165, 1.54) is 49.1 Å². The standard InChI is InChI=1S/C32H38N2O6/c1-31(2)12-13-32(3,4)24-14-20(8-10-23(24)31)19-40-29-27(38-6)15-21(16-28(29)39-7)18-33-34-30(36)22-9-11-25(35)26(17-22)37-5/h8-11,14-18,35H,12-13,19H2,1-7H3,(H,34,36). The molecule has 1 amide bonds. The number of carbonyl (C=O) groups excluding carboxylic acids is 1. The Morgan fingerprint density at radius 3 is 2.12 bits per heavy atom. The van der Waals surface area contributed by atoms with Gasteiger partial charge >= 0.3 is 0 Å². The van der Waals surface area contributed by atoms with Crippen LogP contribution in [-0.4, -0.2) is 38.6 Å². The second-order valence-corrected chi connectivity index (χ2v) is 11.3. The summed E-state index contributed by atoms with van der Waals surface area (Å²) in [5, 5.41) is 13.8. The first-order valence-electron chi connectivity index (χ1n) is 13.2. The Morgan fingerprint density at radius 1 is 0.875 bits per heavy atom. The molecule has 0 atom stereocenters. The summed E-state index contributed by atoms with van der Waals surface area (Å²) in [4.78, 5) is 12.5. The van der Waals surface area contributed by atoms with Gasteiger partial charge in [-0.15, -0.1) is 0 Å². The second-order valence-electron chi connectivity index (χ2n) is 11.3. The lowest BCUT2D eigenvalue weighted by Gasteiger charge is -2.42. The Bertz CT molecular complexity index is 1400. The summed E-state index contributed by atoms with van der Waals surface area (Å²) in [6, 6.07) is 14.5. The number of phenolic OH excluding ortho intramolecular Hbond substituents is 1. The van der Waals surface area contributed by atoms with Gasteiger partial charge in [0.1, 0.15) is 6.61 Å². The van der Waals surface area contributed by atoms with E-state index in [1.54, 1.807) is 26.4 Å². The van der Waals surface area contributed by atoms with Crippen molar-refractivity contribution in [1.82, 2.24) is 5.43 Å². The van der Waals surface area contributed by atoms with Crippen molar-refractivity contribution in [3.63, 3.8) is 0 Å². The Kier molecular flexibility index (Phi) is 8.28. The summed E-state index contributed by atoms with van der Waals surface area (Å²) >= 11 is 0. The lowest BCUT2D eigenvalue weighted by molar-refractivity contribution is 0.0954. The molecule has 3 aromatic carbocycles. The average Bonchev–Trinajstić information content (AvgIpc) is 2.94. The maximum Gasteiger partial charge on any atom is 0.271 e. The maximum atomic E-state index is 12.5. The fourth-order valence-electron chi connectivity index (χ4n) is 5.05. The third kappa shape index (κ3) is 6.01. The Morgan fingerprint density at radius 2 is 1.50 bits per heavy atom. The van der Waals surface area contributed by atoms with E-state index >= 15 is 0 Å². The molecule has 3 aromatic rings. The van der Waals surface area contributed by atoms with Gasteiger partial charge in [-0.1, -0.05) is 45.9 Å². The lowest BCUT2D eigenvalue weighted by atomic mass is 9.63. The summed E-state index contributed by atoms with van der Waals surface area (Å²) in [5.74, 6) is 1.14. The first kappa shape index (κ1) is 28.8. The number of phenols is 1. The molecule has 0 saturated heterocycles. The third-order valence-electron chi connectivity index (χ3n) is 7.60. The molecule has 1 aliphatic rings. The van der Waals surface area contributed by atoms with E-state index in [1.807, 2.05) is 0 Å². The van der Waals surface area contributed by atoms with Crippen molar-refractivity contribution in [2.75, 3.05) is 21.3 Å². The number of ether oxygens (including phenoxy) is 4. The number of nitrogens with zero attached hydrogens (tertiary/aromatic N) is 1. The van der Waals surface area contributed by atoms with Crippen LogP contribution in [0.25, 0.3) is 0 Å². The quantitative estimate of drug-likeness (QED) is 0.248. The molecule has 0 saturated carbocycles. The molecule has 0 bridgehead atoms. The van der Waals surface area contributed by atoms with Crippen LogP contribution in [-0.2, 0) is 17.4 Å². The van der Waals surface area contributed by atoms with Gasteiger partial charge in [0, 0.05) is 11.1 Å². The highest BCUT2D eigenvalue weighted by atomic mass is 16.5. The number of amides is 1. The van der Waals surface area contributed by atoms with Crippen molar-refractivity contribution in [2.24, 2.45) is 5.10 Å². The first-order chi connectivity index (χ1) is 19.0. The monoisotopic (exact) mass is 546 g/mol. The van der Waals surface area contributed by atoms with Crippen LogP contribution in [0.3, 0.4) is 0 Å². The van der Waals surface area contributed by atoms with Gasteiger partial charge in [-0.2, -0.15) is 5.10 Å². The molecule has 40 heavy (non-hydrogen) atoms. The molecule has 0 fully saturated rings. The minimum absolute atomic E-state index is 0.0524. The predicted molar refractivity (Wildman–Crippen MR) is 155 cm³/mol. The van der Waals surface area contributed by atoms with Gasteiger partial charge < -0.3 is 24.1 Å². The van der Waals surface area contributed by atoms with E-state index in [0.717, 1.165) is 12.0 Å². The number of nitrogens with one attached hydrogen (secondary N) is 1. The number of carbonyl (C=O) groups is 1. The maximum absolute atomic E-state index is 12.5. The molecule has 0 spiro atoms. The zero-order chi connectivity index (χ0) is 29.1. The number of benzene rings is 3. The van der Waals surface area contributed by atoms with Crippen molar-refractivity contribution < 1.29 is 28.8 Å². The van der Waals surface area contributed by atoms with Gasteiger partial charge in [0.2, 0.25) is 5.75 Å². The van der Waals surface area contributed by atoms with Crippen LogP contribution in [0.5, 0.6) is 28.7 Å². The van der Waals surface area contributed by atoms with Gasteiger partial charge in [0.15, 0.2) is 23.0 Å². The zero-order valence-corrected chi connectivity index (χ0v) is 24.3. The van der Waals surface area contributed by atoms with Crippen molar-refractivity contribution >= 4 is 12.1 Å². The molecular weight excluding hydrogens is 508 g/mol. The molecule has 0 aliphatic heterocycles. The first-order valence-corrected chi connectivity index (χ1v) is 13.2. The van der Waals surface area contributed by atoms with E-state index in [0.29, 0.717) is 35.0 Å². The number of rotatable bonds is 9. The second kappa shape index (κ2) is 11.5. The summed E-state index contributed by atoms with van der Waals surface area (Å²) in [7, 11) is 4.54. The average molecular weight is 547 g/mol. The van der Waals surface area contributed by atoms with Gasteiger partial charge in [-0.3, -0.25) is 4.79 Å². The van der Waals surface area contributed by atoms with Gasteiger partial charge in [-0.25, -0.2) is 5.43 Å². The summed E-state index contributed by atoms with van der Waals surface area (Å²) < 4.78 is 22.5. The normalized spacial score (nSPS) is 15.3. The third-order valence-corrected chi connectivity index (χ3v) is 7.60. The minimum atomic E-state index is -0.454. The molecule has 4 rings (SSSR count). The summed E-state index contributed by atoms with van der Waals surface area (Å²) in [5.41, 5.74) is 7.53. The van der Waals surface area contributed by atoms with E-state index in [-0.39, 0.29) is 22.3 Å². The molecule has 0 radical (unpaired) electrons. The van der Waals surface area contributed by atoms with E-state index in [4.69, 9.17) is 18.9 Å². The van der Waals surface area contributed by atoms with Gasteiger partial charge in [-0.05, 0) is 70.7 Å². The van der Waals surface area contributed by atoms with Crippen LogP contribution in [0.4, 0.5) is 0 Å². The SMILES string of the molecule is COc1cc(C(=O)NN=Cc2cc(OC)c(OCc3ccc4c(c3)C(C)(C)CCC4(C)C)c(OC)c2)ccc1O. The Balaban J connectivity index is 1.50. The van der Waals surface area contributed by atoms with Crippen molar-refractivity contribution in [3.05, 3.63) is 76.3 Å². The molecule has 8 nitrogen and oxygen atoms in total. The number of hydrazone groups is 1. The molecule has 2 N–H and O–H groups in total. The van der Waals surface area contributed by atoms with E-state index in [2.05, 4.69) is 56.4 Å². The molecule has 1 aliphatic carbocycles. The number of aromatic hydroxyl groups is 1. The molecule has 0 aromatic heterocycles. The van der Waals surface area contributed by atoms with Crippen LogP contribution in [0.2, 0.25) is 0 Å². The van der Waals surface area contributed by atoms with E-state index < -0.39 is 5.91 Å². The molecule has 0 unspecified atom stereocenters. The van der Waals surface area contributed by atoms with Crippen LogP contribution in [0.1, 0.15) is 73.1 Å². The minimum Gasteiger partial charge on any atom is -0.504 e.